The fraction of sp³-hybridized carbons (Fsp3) is 0.0909. The van der Waals surface area contributed by atoms with Gasteiger partial charge in [0.05, 0.1) is 5.69 Å². The smallest absolute Gasteiger partial charge is 0.136 e. The van der Waals surface area contributed by atoms with Crippen LogP contribution in [-0.2, 0) is 0 Å². The van der Waals surface area contributed by atoms with Crippen LogP contribution in [0.4, 0.5) is 17.3 Å². The highest BCUT2D eigenvalue weighted by Gasteiger charge is 2.03. The molecule has 1 aromatic carbocycles. The van der Waals surface area contributed by atoms with Crippen LogP contribution in [0.25, 0.3) is 0 Å². The first-order valence-corrected chi connectivity index (χ1v) is 6.33. The highest BCUT2D eigenvalue weighted by molar-refractivity contribution is 14.1. The van der Waals surface area contributed by atoms with Crippen molar-refractivity contribution in [3.63, 3.8) is 0 Å². The highest BCUT2D eigenvalue weighted by Crippen LogP contribution is 2.25. The monoisotopic (exact) mass is 360 g/mol. The van der Waals surface area contributed by atoms with Crippen molar-refractivity contribution in [1.82, 2.24) is 9.97 Å². The van der Waals surface area contributed by atoms with E-state index in [9.17, 15) is 0 Å². The van der Waals surface area contributed by atoms with Crippen LogP contribution >= 0.6 is 34.2 Å². The minimum Gasteiger partial charge on any atom is -0.384 e. The minimum atomic E-state index is 0.448. The maximum absolute atomic E-state index is 5.89. The number of anilines is 3. The average molecular weight is 361 g/mol. The largest absolute Gasteiger partial charge is 0.384 e. The molecule has 0 aliphatic heterocycles. The Morgan fingerprint density at radius 2 is 2.06 bits per heavy atom. The zero-order valence-corrected chi connectivity index (χ0v) is 12.0. The molecule has 0 atom stereocenters. The van der Waals surface area contributed by atoms with Crippen LogP contribution in [0.5, 0.6) is 0 Å². The predicted molar refractivity (Wildman–Crippen MR) is 78.6 cm³/mol. The molecule has 0 saturated heterocycles. The summed E-state index contributed by atoms with van der Waals surface area (Å²) in [6.07, 6.45) is 0. The SMILES string of the molecule is Cc1nc(N)cc(Nc2ccc(Cl)cc2I)n1. The van der Waals surface area contributed by atoms with E-state index < -0.39 is 0 Å². The van der Waals surface area contributed by atoms with E-state index in [4.69, 9.17) is 17.3 Å². The van der Waals surface area contributed by atoms with Crippen LogP contribution in [0.2, 0.25) is 5.02 Å². The molecule has 88 valence electrons. The molecule has 1 heterocycles. The van der Waals surface area contributed by atoms with Gasteiger partial charge < -0.3 is 11.1 Å². The van der Waals surface area contributed by atoms with Crippen LogP contribution in [0.3, 0.4) is 0 Å². The molecule has 0 unspecified atom stereocenters. The number of aryl methyl sites for hydroxylation is 1. The number of nitrogen functional groups attached to an aromatic ring is 1. The number of nitrogens with two attached hydrogens (primary N) is 1. The molecule has 0 bridgehead atoms. The maximum atomic E-state index is 5.89. The van der Waals surface area contributed by atoms with Crippen LogP contribution in [0.15, 0.2) is 24.3 Å². The van der Waals surface area contributed by atoms with Crippen LogP contribution < -0.4 is 11.1 Å². The van der Waals surface area contributed by atoms with Gasteiger partial charge in [-0.15, -0.1) is 0 Å². The van der Waals surface area contributed by atoms with Crippen molar-refractivity contribution in [2.24, 2.45) is 0 Å². The molecule has 0 spiro atoms. The van der Waals surface area contributed by atoms with Crippen molar-refractivity contribution < 1.29 is 0 Å². The number of halogens is 2. The molecule has 3 N–H and O–H groups in total. The quantitative estimate of drug-likeness (QED) is 0.806. The Balaban J connectivity index is 2.31. The first kappa shape index (κ1) is 12.4. The maximum Gasteiger partial charge on any atom is 0.136 e. The van der Waals surface area contributed by atoms with Gasteiger partial charge >= 0.3 is 0 Å². The third kappa shape index (κ3) is 3.19. The van der Waals surface area contributed by atoms with Crippen molar-refractivity contribution in [2.45, 2.75) is 6.92 Å². The summed E-state index contributed by atoms with van der Waals surface area (Å²) in [5.41, 5.74) is 6.60. The number of rotatable bonds is 2. The molecule has 0 aliphatic rings. The molecule has 0 radical (unpaired) electrons. The average Bonchev–Trinajstić information content (AvgIpc) is 2.21. The van der Waals surface area contributed by atoms with Gasteiger partial charge in [-0.05, 0) is 47.7 Å². The lowest BCUT2D eigenvalue weighted by molar-refractivity contribution is 1.06. The van der Waals surface area contributed by atoms with E-state index in [0.29, 0.717) is 22.5 Å². The van der Waals surface area contributed by atoms with Gasteiger partial charge in [0.25, 0.3) is 0 Å². The molecule has 2 rings (SSSR count). The van der Waals surface area contributed by atoms with Crippen molar-refractivity contribution >= 4 is 51.5 Å². The van der Waals surface area contributed by atoms with Crippen molar-refractivity contribution in [1.29, 1.82) is 0 Å². The lowest BCUT2D eigenvalue weighted by Gasteiger charge is -2.09. The van der Waals surface area contributed by atoms with Crippen LogP contribution in [0, 0.1) is 10.5 Å². The molecule has 4 nitrogen and oxygen atoms in total. The van der Waals surface area contributed by atoms with E-state index in [-0.39, 0.29) is 0 Å². The van der Waals surface area contributed by atoms with E-state index in [2.05, 4.69) is 37.9 Å². The van der Waals surface area contributed by atoms with E-state index in [0.717, 1.165) is 9.26 Å². The number of benzene rings is 1. The van der Waals surface area contributed by atoms with Gasteiger partial charge in [0, 0.05) is 14.7 Å². The molecule has 17 heavy (non-hydrogen) atoms. The van der Waals surface area contributed by atoms with Crippen LogP contribution in [-0.4, -0.2) is 9.97 Å². The van der Waals surface area contributed by atoms with Gasteiger partial charge in [0.15, 0.2) is 0 Å². The zero-order chi connectivity index (χ0) is 12.4. The molecular formula is C11H10ClIN4. The molecule has 6 heteroatoms. The Morgan fingerprint density at radius 3 is 2.71 bits per heavy atom. The summed E-state index contributed by atoms with van der Waals surface area (Å²) in [7, 11) is 0. The second-order valence-corrected chi connectivity index (χ2v) is 5.07. The summed E-state index contributed by atoms with van der Waals surface area (Å²) in [4.78, 5) is 8.27. The lowest BCUT2D eigenvalue weighted by Crippen LogP contribution is -2.01. The standard InChI is InChI=1S/C11H10ClIN4/c1-6-15-10(14)5-11(16-6)17-9-3-2-7(12)4-8(9)13/h2-5H,1H3,(H3,14,15,16,17). The van der Waals surface area contributed by atoms with Gasteiger partial charge in [-0.3, -0.25) is 0 Å². The molecule has 0 fully saturated rings. The van der Waals surface area contributed by atoms with E-state index in [1.54, 1.807) is 13.0 Å². The number of aromatic nitrogens is 2. The Hall–Kier alpha value is -1.08. The molecule has 2 aromatic rings. The number of nitrogens with one attached hydrogen (secondary N) is 1. The second-order valence-electron chi connectivity index (χ2n) is 3.47. The molecule has 1 aromatic heterocycles. The third-order valence-electron chi connectivity index (χ3n) is 2.05. The van der Waals surface area contributed by atoms with E-state index >= 15 is 0 Å². The summed E-state index contributed by atoms with van der Waals surface area (Å²) in [5.74, 6) is 1.76. The summed E-state index contributed by atoms with van der Waals surface area (Å²) < 4.78 is 1.02. The van der Waals surface area contributed by atoms with Gasteiger partial charge in [0.1, 0.15) is 17.5 Å². The minimum absolute atomic E-state index is 0.448. The van der Waals surface area contributed by atoms with Crippen molar-refractivity contribution in [3.05, 3.63) is 38.7 Å². The number of nitrogens with zero attached hydrogens (tertiary/aromatic N) is 2. The van der Waals surface area contributed by atoms with Crippen molar-refractivity contribution in [2.75, 3.05) is 11.1 Å². The Kier molecular flexibility index (Phi) is 3.68. The fourth-order valence-corrected chi connectivity index (χ4v) is 2.39. The van der Waals surface area contributed by atoms with Gasteiger partial charge in [-0.25, -0.2) is 9.97 Å². The fourth-order valence-electron chi connectivity index (χ4n) is 1.38. The molecule has 0 amide bonds. The molecule has 0 aliphatic carbocycles. The van der Waals surface area contributed by atoms with E-state index in [1.807, 2.05) is 18.2 Å². The molecule has 0 saturated carbocycles. The topological polar surface area (TPSA) is 63.8 Å². The normalized spacial score (nSPS) is 10.3. The summed E-state index contributed by atoms with van der Waals surface area (Å²) >= 11 is 8.10. The summed E-state index contributed by atoms with van der Waals surface area (Å²) in [5, 5.41) is 3.89. The van der Waals surface area contributed by atoms with E-state index in [1.165, 1.54) is 0 Å². The number of hydrogen-bond acceptors (Lipinski definition) is 4. The lowest BCUT2D eigenvalue weighted by atomic mass is 10.3. The van der Waals surface area contributed by atoms with Crippen LogP contribution in [0.1, 0.15) is 5.82 Å². The van der Waals surface area contributed by atoms with Gasteiger partial charge in [-0.2, -0.15) is 0 Å². The predicted octanol–water partition coefficient (Wildman–Crippen LogP) is 3.37. The Labute approximate surface area is 118 Å². The summed E-state index contributed by atoms with van der Waals surface area (Å²) in [6, 6.07) is 7.29. The zero-order valence-electron chi connectivity index (χ0n) is 9.04. The summed E-state index contributed by atoms with van der Waals surface area (Å²) in [6.45, 7) is 1.80. The first-order valence-electron chi connectivity index (χ1n) is 4.88. The van der Waals surface area contributed by atoms with Gasteiger partial charge in [-0.1, -0.05) is 11.6 Å². The Bertz CT molecular complexity index is 539. The van der Waals surface area contributed by atoms with Crippen molar-refractivity contribution in [3.8, 4) is 0 Å². The second kappa shape index (κ2) is 5.05. The first-order chi connectivity index (χ1) is 8.04. The highest BCUT2D eigenvalue weighted by atomic mass is 127. The molecular weight excluding hydrogens is 351 g/mol. The number of hydrogen-bond donors (Lipinski definition) is 2. The third-order valence-corrected chi connectivity index (χ3v) is 3.18. The Morgan fingerprint density at radius 1 is 1.29 bits per heavy atom. The van der Waals surface area contributed by atoms with Gasteiger partial charge in [0.2, 0.25) is 0 Å².